The summed E-state index contributed by atoms with van der Waals surface area (Å²) in [5.41, 5.74) is -0.664. The lowest BCUT2D eigenvalue weighted by atomic mass is 9.74. The van der Waals surface area contributed by atoms with Crippen molar-refractivity contribution in [3.63, 3.8) is 0 Å². The smallest absolute Gasteiger partial charge is 0.166 e. The molecular formula is C11H17ClO4. The lowest BCUT2D eigenvalue weighted by Gasteiger charge is -2.55. The molecule has 0 radical (unpaired) electrons. The highest BCUT2D eigenvalue weighted by molar-refractivity contribution is 6.18. The van der Waals surface area contributed by atoms with E-state index >= 15 is 0 Å². The summed E-state index contributed by atoms with van der Waals surface area (Å²) in [5, 5.41) is 10.2. The van der Waals surface area contributed by atoms with Crippen LogP contribution in [0.4, 0.5) is 0 Å². The van der Waals surface area contributed by atoms with Gasteiger partial charge in [-0.3, -0.25) is 0 Å². The zero-order valence-corrected chi connectivity index (χ0v) is 10.2. The van der Waals surface area contributed by atoms with Gasteiger partial charge >= 0.3 is 0 Å². The van der Waals surface area contributed by atoms with Gasteiger partial charge in [0.15, 0.2) is 12.6 Å². The number of aliphatic hydroxyl groups is 1. The van der Waals surface area contributed by atoms with Crippen LogP contribution in [-0.4, -0.2) is 42.4 Å². The van der Waals surface area contributed by atoms with E-state index in [1.807, 2.05) is 0 Å². The summed E-state index contributed by atoms with van der Waals surface area (Å²) in [6.45, 7) is 2.10. The lowest BCUT2D eigenvalue weighted by Crippen LogP contribution is -2.65. The summed E-state index contributed by atoms with van der Waals surface area (Å²) in [5.74, 6) is 1.02. The van der Waals surface area contributed by atoms with Gasteiger partial charge in [0.1, 0.15) is 5.60 Å². The molecule has 3 aliphatic heterocycles. The third-order valence-corrected chi connectivity index (χ3v) is 4.95. The number of alkyl halides is 1. The molecule has 1 saturated carbocycles. The maximum Gasteiger partial charge on any atom is 0.166 e. The monoisotopic (exact) mass is 248 g/mol. The standard InChI is InChI=1S/C11H17ClO4/c1-5-6-3-7(13)11(4-12)8(6)10(14-2)15-9(5)16-11/h5-10,13H,3-4H2,1-2H3/t5?,6?,7-,8?,9?,10?,11?/m0/s1. The summed E-state index contributed by atoms with van der Waals surface area (Å²) >= 11 is 6.03. The van der Waals surface area contributed by atoms with Crippen molar-refractivity contribution in [2.45, 2.75) is 37.6 Å². The summed E-state index contributed by atoms with van der Waals surface area (Å²) in [6, 6.07) is 0. The first-order valence-corrected chi connectivity index (χ1v) is 6.27. The van der Waals surface area contributed by atoms with Crippen molar-refractivity contribution in [1.82, 2.24) is 0 Å². The molecule has 4 bridgehead atoms. The van der Waals surface area contributed by atoms with Crippen molar-refractivity contribution in [3.05, 3.63) is 0 Å². The van der Waals surface area contributed by atoms with Crippen LogP contribution in [-0.2, 0) is 14.2 Å². The molecular weight excluding hydrogens is 232 g/mol. The molecule has 4 fully saturated rings. The molecule has 3 heterocycles. The van der Waals surface area contributed by atoms with Crippen molar-refractivity contribution in [1.29, 1.82) is 0 Å². The molecule has 0 aromatic carbocycles. The van der Waals surface area contributed by atoms with E-state index in [4.69, 9.17) is 25.8 Å². The predicted octanol–water partition coefficient (Wildman–Crippen LogP) is 0.956. The minimum Gasteiger partial charge on any atom is -0.390 e. The summed E-state index contributed by atoms with van der Waals surface area (Å²) in [7, 11) is 1.63. The molecule has 7 atom stereocenters. The third-order valence-electron chi connectivity index (χ3n) is 4.53. The first-order chi connectivity index (χ1) is 7.64. The van der Waals surface area contributed by atoms with Gasteiger partial charge in [-0.05, 0) is 12.3 Å². The van der Waals surface area contributed by atoms with E-state index in [9.17, 15) is 5.11 Å². The maximum absolute atomic E-state index is 10.2. The first kappa shape index (κ1) is 11.2. The Bertz CT molecular complexity index is 300. The zero-order chi connectivity index (χ0) is 11.5. The molecule has 1 N–H and O–H groups in total. The fourth-order valence-corrected chi connectivity index (χ4v) is 4.04. The average molecular weight is 249 g/mol. The maximum atomic E-state index is 10.2. The van der Waals surface area contributed by atoms with E-state index in [0.717, 1.165) is 6.42 Å². The molecule has 0 spiro atoms. The number of rotatable bonds is 2. The molecule has 4 aliphatic rings. The number of ether oxygens (including phenoxy) is 3. The van der Waals surface area contributed by atoms with Gasteiger partial charge in [0, 0.05) is 18.9 Å². The highest BCUT2D eigenvalue weighted by Crippen LogP contribution is 2.58. The summed E-state index contributed by atoms with van der Waals surface area (Å²) in [6.07, 6.45) is -0.362. The lowest BCUT2D eigenvalue weighted by molar-refractivity contribution is -0.404. The molecule has 4 rings (SSSR count). The number of hydrogen-bond donors (Lipinski definition) is 1. The molecule has 16 heavy (non-hydrogen) atoms. The van der Waals surface area contributed by atoms with E-state index in [1.165, 1.54) is 0 Å². The Morgan fingerprint density at radius 2 is 2.31 bits per heavy atom. The second-order valence-electron chi connectivity index (χ2n) is 5.12. The predicted molar refractivity (Wildman–Crippen MR) is 57.0 cm³/mol. The fourth-order valence-electron chi connectivity index (χ4n) is 3.63. The Kier molecular flexibility index (Phi) is 2.50. The van der Waals surface area contributed by atoms with Gasteiger partial charge in [-0.2, -0.15) is 0 Å². The van der Waals surface area contributed by atoms with Crippen molar-refractivity contribution in [3.8, 4) is 0 Å². The molecule has 5 heteroatoms. The van der Waals surface area contributed by atoms with Crippen LogP contribution in [0.15, 0.2) is 0 Å². The van der Waals surface area contributed by atoms with Gasteiger partial charge in [0.25, 0.3) is 0 Å². The summed E-state index contributed by atoms with van der Waals surface area (Å²) in [4.78, 5) is 0. The third kappa shape index (κ3) is 1.14. The highest BCUT2D eigenvalue weighted by Gasteiger charge is 2.68. The van der Waals surface area contributed by atoms with Crippen molar-refractivity contribution >= 4 is 11.6 Å². The fraction of sp³-hybridized carbons (Fsp3) is 1.00. The van der Waals surface area contributed by atoms with Crippen molar-refractivity contribution in [2.24, 2.45) is 17.8 Å². The van der Waals surface area contributed by atoms with E-state index in [-0.39, 0.29) is 18.5 Å². The SMILES string of the molecule is COC1OC2OC3(CCl)C1C(C[C@@H]3O)C2C. The van der Waals surface area contributed by atoms with Gasteiger partial charge in [-0.15, -0.1) is 11.6 Å². The van der Waals surface area contributed by atoms with E-state index < -0.39 is 11.7 Å². The average Bonchev–Trinajstić information content (AvgIpc) is 2.57. The number of aliphatic hydroxyl groups excluding tert-OH is 1. The Morgan fingerprint density at radius 1 is 1.56 bits per heavy atom. The van der Waals surface area contributed by atoms with Crippen LogP contribution >= 0.6 is 11.6 Å². The minimum atomic E-state index is -0.664. The Balaban J connectivity index is 2.02. The van der Waals surface area contributed by atoms with Crippen molar-refractivity contribution in [2.75, 3.05) is 13.0 Å². The van der Waals surface area contributed by atoms with Gasteiger partial charge in [0.2, 0.25) is 0 Å². The van der Waals surface area contributed by atoms with Gasteiger partial charge in [-0.25, -0.2) is 0 Å². The first-order valence-electron chi connectivity index (χ1n) is 5.74. The Hall–Kier alpha value is 0.130. The van der Waals surface area contributed by atoms with Crippen LogP contribution in [0.5, 0.6) is 0 Å². The molecule has 4 nitrogen and oxygen atoms in total. The Labute approximate surface area is 99.8 Å². The highest BCUT2D eigenvalue weighted by atomic mass is 35.5. The van der Waals surface area contributed by atoms with E-state index in [1.54, 1.807) is 7.11 Å². The minimum absolute atomic E-state index is 0.0463. The van der Waals surface area contributed by atoms with Crippen LogP contribution in [0.25, 0.3) is 0 Å². The molecule has 0 aromatic heterocycles. The largest absolute Gasteiger partial charge is 0.390 e. The molecule has 92 valence electrons. The molecule has 3 saturated heterocycles. The van der Waals surface area contributed by atoms with E-state index in [0.29, 0.717) is 17.7 Å². The Morgan fingerprint density at radius 3 is 2.94 bits per heavy atom. The van der Waals surface area contributed by atoms with Gasteiger partial charge < -0.3 is 19.3 Å². The number of hydrogen-bond acceptors (Lipinski definition) is 4. The summed E-state index contributed by atoms with van der Waals surface area (Å²) < 4.78 is 16.9. The zero-order valence-electron chi connectivity index (χ0n) is 9.43. The molecule has 0 amide bonds. The van der Waals surface area contributed by atoms with Gasteiger partial charge in [0.05, 0.1) is 12.0 Å². The number of methoxy groups -OCH3 is 1. The van der Waals surface area contributed by atoms with Crippen LogP contribution in [0.3, 0.4) is 0 Å². The quantitative estimate of drug-likeness (QED) is 0.740. The van der Waals surface area contributed by atoms with Crippen molar-refractivity contribution < 1.29 is 19.3 Å². The van der Waals surface area contributed by atoms with Crippen LogP contribution in [0.1, 0.15) is 13.3 Å². The van der Waals surface area contributed by atoms with Crippen LogP contribution < -0.4 is 0 Å². The molecule has 6 unspecified atom stereocenters. The second kappa shape index (κ2) is 3.56. The number of halogens is 1. The van der Waals surface area contributed by atoms with Crippen LogP contribution in [0.2, 0.25) is 0 Å². The van der Waals surface area contributed by atoms with Gasteiger partial charge in [-0.1, -0.05) is 6.92 Å². The molecule has 1 aliphatic carbocycles. The number of fused-ring (bicyclic) bond motifs is 1. The molecule has 0 aromatic rings. The van der Waals surface area contributed by atoms with Crippen LogP contribution in [0, 0.1) is 17.8 Å². The van der Waals surface area contributed by atoms with E-state index in [2.05, 4.69) is 6.92 Å². The normalized spacial score (nSPS) is 59.2. The second-order valence-corrected chi connectivity index (χ2v) is 5.38. The topological polar surface area (TPSA) is 47.9 Å².